The smallest absolute Gasteiger partial charge is 0.0670 e. The van der Waals surface area contributed by atoms with Gasteiger partial charge < -0.3 is 0 Å². The second-order valence-corrected chi connectivity index (χ2v) is 5.96. The number of hydrogen-bond donors (Lipinski definition) is 0. The van der Waals surface area contributed by atoms with Gasteiger partial charge in [-0.15, -0.1) is 0 Å². The van der Waals surface area contributed by atoms with E-state index in [1.165, 1.54) is 16.0 Å². The number of nitrogens with zero attached hydrogens (tertiary/aromatic N) is 1. The summed E-state index contributed by atoms with van der Waals surface area (Å²) < 4.78 is 0. The molecule has 1 aromatic heterocycles. The lowest BCUT2D eigenvalue weighted by atomic mass is 9.78. The van der Waals surface area contributed by atoms with Crippen LogP contribution in [0.3, 0.4) is 0 Å². The Hall–Kier alpha value is -2.15. The van der Waals surface area contributed by atoms with Gasteiger partial charge in [-0.2, -0.15) is 0 Å². The fourth-order valence-electron chi connectivity index (χ4n) is 3.30. The summed E-state index contributed by atoms with van der Waals surface area (Å²) in [5, 5.41) is 2.68. The van der Waals surface area contributed by atoms with Crippen molar-refractivity contribution in [1.29, 1.82) is 0 Å². The predicted octanol–water partition coefficient (Wildman–Crippen LogP) is 3.68. The minimum atomic E-state index is 0.493. The standard InChI is InChI=1S/C21H23N/c1-3-4-9-16(2)18-14-13-17-10-5-6-11-19(17)21(18)20-12-7-8-15-22-20/h4-13,15-16,18H,3,14H2,1-2H3. The average molecular weight is 289 g/mol. The van der Waals surface area contributed by atoms with Crippen LogP contribution in [-0.4, -0.2) is 4.98 Å². The maximum Gasteiger partial charge on any atom is 0.0670 e. The van der Waals surface area contributed by atoms with Crippen LogP contribution < -0.4 is 10.4 Å². The Balaban J connectivity index is 2.18. The summed E-state index contributed by atoms with van der Waals surface area (Å²) in [6.45, 7) is 4.51. The Labute approximate surface area is 132 Å². The molecule has 0 spiro atoms. The Bertz CT molecular complexity index is 771. The van der Waals surface area contributed by atoms with E-state index in [0.29, 0.717) is 11.8 Å². The zero-order valence-electron chi connectivity index (χ0n) is 13.4. The monoisotopic (exact) mass is 289 g/mol. The molecule has 3 rings (SSSR count). The molecule has 1 heterocycles. The van der Waals surface area contributed by atoms with Gasteiger partial charge in [0.1, 0.15) is 0 Å². The highest BCUT2D eigenvalue weighted by atomic mass is 14.7. The van der Waals surface area contributed by atoms with Crippen LogP contribution in [0, 0.1) is 11.8 Å². The normalized spacial score (nSPS) is 18.8. The predicted molar refractivity (Wildman–Crippen MR) is 93.6 cm³/mol. The third-order valence-corrected chi connectivity index (χ3v) is 4.46. The van der Waals surface area contributed by atoms with E-state index >= 15 is 0 Å². The van der Waals surface area contributed by atoms with E-state index in [-0.39, 0.29) is 0 Å². The summed E-state index contributed by atoms with van der Waals surface area (Å²) >= 11 is 0. The Morgan fingerprint density at radius 1 is 1.18 bits per heavy atom. The molecule has 0 aliphatic heterocycles. The molecule has 0 amide bonds. The van der Waals surface area contributed by atoms with Crippen LogP contribution in [0.1, 0.15) is 32.4 Å². The van der Waals surface area contributed by atoms with Crippen molar-refractivity contribution in [3.05, 3.63) is 76.9 Å². The van der Waals surface area contributed by atoms with Gasteiger partial charge in [-0.05, 0) is 52.8 Å². The molecule has 1 heteroatoms. The molecule has 0 saturated carbocycles. The largest absolute Gasteiger partial charge is 0.257 e. The first-order valence-electron chi connectivity index (χ1n) is 8.18. The number of benzene rings is 1. The summed E-state index contributed by atoms with van der Waals surface area (Å²) in [6.07, 6.45) is 11.1. The van der Waals surface area contributed by atoms with Crippen molar-refractivity contribution >= 4 is 11.6 Å². The highest BCUT2D eigenvalue weighted by Crippen LogP contribution is 2.31. The van der Waals surface area contributed by atoms with Crippen molar-refractivity contribution in [3.8, 4) is 0 Å². The first-order valence-corrected chi connectivity index (χ1v) is 8.18. The van der Waals surface area contributed by atoms with Crippen molar-refractivity contribution < 1.29 is 0 Å². The first-order chi connectivity index (χ1) is 10.8. The Kier molecular flexibility index (Phi) is 4.53. The van der Waals surface area contributed by atoms with Gasteiger partial charge >= 0.3 is 0 Å². The SMILES string of the molecule is CCC=CC(C)C1CC=c2ccccc2=C1c1ccccn1. The van der Waals surface area contributed by atoms with Gasteiger partial charge in [0.2, 0.25) is 0 Å². The third-order valence-electron chi connectivity index (χ3n) is 4.46. The fraction of sp³-hybridized carbons (Fsp3) is 0.286. The maximum absolute atomic E-state index is 4.64. The molecule has 0 N–H and O–H groups in total. The van der Waals surface area contributed by atoms with Crippen LogP contribution >= 0.6 is 0 Å². The van der Waals surface area contributed by atoms with Crippen molar-refractivity contribution in [3.63, 3.8) is 0 Å². The molecular weight excluding hydrogens is 266 g/mol. The van der Waals surface area contributed by atoms with Crippen LogP contribution in [0.5, 0.6) is 0 Å². The maximum atomic E-state index is 4.64. The zero-order chi connectivity index (χ0) is 15.4. The van der Waals surface area contributed by atoms with Gasteiger partial charge in [0.25, 0.3) is 0 Å². The van der Waals surface area contributed by atoms with E-state index in [1.807, 2.05) is 12.3 Å². The summed E-state index contributed by atoms with van der Waals surface area (Å²) in [7, 11) is 0. The molecule has 2 aromatic rings. The number of fused-ring (bicyclic) bond motifs is 1. The third kappa shape index (κ3) is 2.89. The van der Waals surface area contributed by atoms with Gasteiger partial charge in [0.15, 0.2) is 0 Å². The molecule has 0 fully saturated rings. The van der Waals surface area contributed by atoms with Crippen LogP contribution in [0.4, 0.5) is 0 Å². The van der Waals surface area contributed by atoms with Gasteiger partial charge in [-0.25, -0.2) is 0 Å². The van der Waals surface area contributed by atoms with Gasteiger partial charge in [0, 0.05) is 6.20 Å². The molecule has 22 heavy (non-hydrogen) atoms. The molecule has 2 atom stereocenters. The average Bonchev–Trinajstić information content (AvgIpc) is 2.59. The zero-order valence-corrected chi connectivity index (χ0v) is 13.4. The molecule has 0 radical (unpaired) electrons. The highest BCUT2D eigenvalue weighted by molar-refractivity contribution is 5.67. The fourth-order valence-corrected chi connectivity index (χ4v) is 3.30. The number of hydrogen-bond acceptors (Lipinski definition) is 1. The Morgan fingerprint density at radius 2 is 2.00 bits per heavy atom. The first kappa shape index (κ1) is 14.8. The van der Waals surface area contributed by atoms with Crippen LogP contribution in [-0.2, 0) is 0 Å². The van der Waals surface area contributed by atoms with Crippen molar-refractivity contribution in [2.45, 2.75) is 26.7 Å². The molecule has 1 aromatic carbocycles. The van der Waals surface area contributed by atoms with Crippen LogP contribution in [0.2, 0.25) is 0 Å². The number of allylic oxidation sites excluding steroid dienone is 2. The summed E-state index contributed by atoms with van der Waals surface area (Å²) in [6, 6.07) is 14.9. The molecule has 0 bridgehead atoms. The van der Waals surface area contributed by atoms with E-state index in [0.717, 1.165) is 18.5 Å². The van der Waals surface area contributed by atoms with Crippen molar-refractivity contribution in [2.24, 2.45) is 11.8 Å². The summed E-state index contributed by atoms with van der Waals surface area (Å²) in [5.74, 6) is 1.01. The van der Waals surface area contributed by atoms with E-state index in [9.17, 15) is 0 Å². The van der Waals surface area contributed by atoms with E-state index in [4.69, 9.17) is 0 Å². The minimum Gasteiger partial charge on any atom is -0.257 e. The quantitative estimate of drug-likeness (QED) is 0.782. The second kappa shape index (κ2) is 6.74. The van der Waals surface area contributed by atoms with Gasteiger partial charge in [-0.1, -0.05) is 62.4 Å². The minimum absolute atomic E-state index is 0.493. The number of aromatic nitrogens is 1. The van der Waals surface area contributed by atoms with E-state index in [2.05, 4.69) is 73.5 Å². The molecule has 0 saturated heterocycles. The molecule has 112 valence electrons. The lowest BCUT2D eigenvalue weighted by Crippen LogP contribution is -2.35. The van der Waals surface area contributed by atoms with Crippen LogP contribution in [0.15, 0.2) is 60.8 Å². The van der Waals surface area contributed by atoms with Crippen LogP contribution in [0.25, 0.3) is 11.6 Å². The topological polar surface area (TPSA) is 12.9 Å². The summed E-state index contributed by atoms with van der Waals surface area (Å²) in [5.41, 5.74) is 2.51. The molecule has 2 unspecified atom stereocenters. The molecule has 1 aliphatic rings. The summed E-state index contributed by atoms with van der Waals surface area (Å²) in [4.78, 5) is 4.64. The number of pyridine rings is 1. The lowest BCUT2D eigenvalue weighted by Gasteiger charge is -2.26. The van der Waals surface area contributed by atoms with Gasteiger partial charge in [0.05, 0.1) is 5.69 Å². The molecule has 1 aliphatic carbocycles. The second-order valence-electron chi connectivity index (χ2n) is 5.96. The number of rotatable bonds is 4. The molecular formula is C21H23N. The highest BCUT2D eigenvalue weighted by Gasteiger charge is 2.23. The Morgan fingerprint density at radius 3 is 2.77 bits per heavy atom. The van der Waals surface area contributed by atoms with Gasteiger partial charge in [-0.3, -0.25) is 4.98 Å². The van der Waals surface area contributed by atoms with E-state index < -0.39 is 0 Å². The molecule has 1 nitrogen and oxygen atoms in total. The van der Waals surface area contributed by atoms with Crippen molar-refractivity contribution in [2.75, 3.05) is 0 Å². The lowest BCUT2D eigenvalue weighted by molar-refractivity contribution is 0.535. The van der Waals surface area contributed by atoms with E-state index in [1.54, 1.807) is 0 Å². The van der Waals surface area contributed by atoms with Crippen molar-refractivity contribution in [1.82, 2.24) is 4.98 Å².